The minimum atomic E-state index is -0.960. The third-order valence-corrected chi connectivity index (χ3v) is 3.83. The Hall–Kier alpha value is -2.34. The molecule has 1 aromatic carbocycles. The highest BCUT2D eigenvalue weighted by Gasteiger charge is 2.07. The van der Waals surface area contributed by atoms with Crippen LogP contribution in [-0.2, 0) is 0 Å². The Morgan fingerprint density at radius 2 is 2.09 bits per heavy atom. The lowest BCUT2D eigenvalue weighted by Crippen LogP contribution is -2.00. The van der Waals surface area contributed by atoms with Crippen LogP contribution in [0.2, 0.25) is 0 Å². The summed E-state index contributed by atoms with van der Waals surface area (Å²) in [6, 6.07) is 5.71. The second-order valence-electron chi connectivity index (χ2n) is 4.69. The first-order chi connectivity index (χ1) is 11.1. The van der Waals surface area contributed by atoms with E-state index in [-0.39, 0.29) is 4.88 Å². The largest absolute Gasteiger partial charge is 0.490 e. The summed E-state index contributed by atoms with van der Waals surface area (Å²) in [6.07, 6.45) is 5.95. The summed E-state index contributed by atoms with van der Waals surface area (Å²) in [5.74, 6) is 0.472. The van der Waals surface area contributed by atoms with Gasteiger partial charge in [-0.15, -0.1) is 11.3 Å². The van der Waals surface area contributed by atoms with Crippen molar-refractivity contribution in [3.63, 3.8) is 0 Å². The molecule has 2 rings (SSSR count). The third kappa shape index (κ3) is 4.82. The van der Waals surface area contributed by atoms with Crippen LogP contribution in [-0.4, -0.2) is 29.3 Å². The highest BCUT2D eigenvalue weighted by molar-refractivity contribution is 7.14. The molecule has 122 valence electrons. The van der Waals surface area contributed by atoms with E-state index in [4.69, 9.17) is 14.6 Å². The van der Waals surface area contributed by atoms with Crippen molar-refractivity contribution in [1.82, 2.24) is 4.98 Å². The van der Waals surface area contributed by atoms with Crippen molar-refractivity contribution >= 4 is 29.5 Å². The Kier molecular flexibility index (Phi) is 6.17. The van der Waals surface area contributed by atoms with Crippen LogP contribution in [0, 0.1) is 0 Å². The number of ether oxygens (including phenoxy) is 2. The number of carbonyl (C=O) groups is 1. The van der Waals surface area contributed by atoms with E-state index in [1.807, 2.05) is 31.2 Å². The summed E-state index contributed by atoms with van der Waals surface area (Å²) in [6.45, 7) is 5.18. The van der Waals surface area contributed by atoms with E-state index in [1.54, 1.807) is 6.08 Å². The second-order valence-corrected chi connectivity index (χ2v) is 5.75. The third-order valence-electron chi connectivity index (χ3n) is 2.88. The zero-order valence-electron chi connectivity index (χ0n) is 13.1. The monoisotopic (exact) mass is 333 g/mol. The fourth-order valence-corrected chi connectivity index (χ4v) is 2.52. The van der Waals surface area contributed by atoms with E-state index in [9.17, 15) is 4.79 Å². The molecule has 5 nitrogen and oxygen atoms in total. The van der Waals surface area contributed by atoms with Crippen LogP contribution in [0.5, 0.6) is 11.5 Å². The number of hydrogen-bond acceptors (Lipinski definition) is 5. The van der Waals surface area contributed by atoms with Gasteiger partial charge in [0.05, 0.1) is 19.4 Å². The fraction of sp³-hybridized carbons (Fsp3) is 0.294. The van der Waals surface area contributed by atoms with Crippen molar-refractivity contribution < 1.29 is 19.4 Å². The Morgan fingerprint density at radius 1 is 1.26 bits per heavy atom. The lowest BCUT2D eigenvalue weighted by molar-refractivity contribution is 0.0702. The average molecular weight is 333 g/mol. The molecule has 0 spiro atoms. The number of benzene rings is 1. The molecule has 6 heteroatoms. The summed E-state index contributed by atoms with van der Waals surface area (Å²) in [5, 5.41) is 9.54. The first-order valence-corrected chi connectivity index (χ1v) is 8.22. The molecule has 0 saturated carbocycles. The van der Waals surface area contributed by atoms with Crippen LogP contribution in [0.3, 0.4) is 0 Å². The van der Waals surface area contributed by atoms with Gasteiger partial charge in [0.2, 0.25) is 0 Å². The molecule has 1 N–H and O–H groups in total. The first kappa shape index (κ1) is 17.0. The van der Waals surface area contributed by atoms with Gasteiger partial charge in [0, 0.05) is 0 Å². The van der Waals surface area contributed by atoms with Crippen molar-refractivity contribution in [2.24, 2.45) is 0 Å². The molecule has 0 fully saturated rings. The van der Waals surface area contributed by atoms with Gasteiger partial charge in [-0.2, -0.15) is 0 Å². The van der Waals surface area contributed by atoms with Crippen LogP contribution in [0.15, 0.2) is 24.4 Å². The normalized spacial score (nSPS) is 10.9. The second kappa shape index (κ2) is 8.33. The quantitative estimate of drug-likeness (QED) is 0.784. The lowest BCUT2D eigenvalue weighted by Gasteiger charge is -2.11. The first-order valence-electron chi connectivity index (χ1n) is 7.40. The van der Waals surface area contributed by atoms with E-state index in [1.165, 1.54) is 6.20 Å². The predicted molar refractivity (Wildman–Crippen MR) is 91.4 cm³/mol. The molecule has 0 aliphatic carbocycles. The molecule has 0 radical (unpaired) electrons. The number of nitrogens with zero attached hydrogens (tertiary/aromatic N) is 1. The highest BCUT2D eigenvalue weighted by atomic mass is 32.1. The Morgan fingerprint density at radius 3 is 2.74 bits per heavy atom. The van der Waals surface area contributed by atoms with Crippen molar-refractivity contribution in [2.75, 3.05) is 13.2 Å². The van der Waals surface area contributed by atoms with Crippen molar-refractivity contribution in [2.45, 2.75) is 20.3 Å². The van der Waals surface area contributed by atoms with Crippen LogP contribution >= 0.6 is 11.3 Å². The maximum atomic E-state index is 10.8. The molecule has 0 unspecified atom stereocenters. The fourth-order valence-electron chi connectivity index (χ4n) is 1.86. The molecular formula is C17H19NO4S. The van der Waals surface area contributed by atoms with Gasteiger partial charge < -0.3 is 14.6 Å². The zero-order chi connectivity index (χ0) is 16.7. The number of hydrogen-bond donors (Lipinski definition) is 1. The van der Waals surface area contributed by atoms with Crippen molar-refractivity contribution in [1.29, 1.82) is 0 Å². The zero-order valence-corrected chi connectivity index (χ0v) is 13.9. The van der Waals surface area contributed by atoms with Gasteiger partial charge in [-0.1, -0.05) is 19.1 Å². The van der Waals surface area contributed by atoms with Gasteiger partial charge in [-0.25, -0.2) is 9.78 Å². The average Bonchev–Trinajstić information content (AvgIpc) is 3.01. The van der Waals surface area contributed by atoms with Gasteiger partial charge in [-0.05, 0) is 37.1 Å². The van der Waals surface area contributed by atoms with Crippen LogP contribution < -0.4 is 9.47 Å². The van der Waals surface area contributed by atoms with Gasteiger partial charge >= 0.3 is 5.97 Å². The number of aromatic carboxylic acids is 1. The van der Waals surface area contributed by atoms with Crippen molar-refractivity contribution in [3.05, 3.63) is 39.8 Å². The van der Waals surface area contributed by atoms with Crippen molar-refractivity contribution in [3.8, 4) is 11.5 Å². The van der Waals surface area contributed by atoms with Gasteiger partial charge in [0.15, 0.2) is 11.5 Å². The Balaban J connectivity index is 2.16. The molecule has 1 heterocycles. The highest BCUT2D eigenvalue weighted by Crippen LogP contribution is 2.29. The van der Waals surface area contributed by atoms with Gasteiger partial charge in [-0.3, -0.25) is 0 Å². The van der Waals surface area contributed by atoms with E-state index in [0.717, 1.165) is 29.1 Å². The molecule has 0 bridgehead atoms. The molecule has 0 aliphatic heterocycles. The minimum Gasteiger partial charge on any atom is -0.490 e. The molecule has 0 saturated heterocycles. The van der Waals surface area contributed by atoms with E-state index >= 15 is 0 Å². The molecular weight excluding hydrogens is 314 g/mol. The SMILES string of the molecule is CCCOc1ccc(/C=C/c2ncc(C(=O)O)s2)cc1OCC. The van der Waals surface area contributed by atoms with Gasteiger partial charge in [0.25, 0.3) is 0 Å². The number of thiazole rings is 1. The van der Waals surface area contributed by atoms with E-state index in [2.05, 4.69) is 11.9 Å². The molecule has 0 atom stereocenters. The van der Waals surface area contributed by atoms with E-state index in [0.29, 0.717) is 24.0 Å². The number of aromatic nitrogens is 1. The number of carboxylic acid groups (broad SMARTS) is 1. The topological polar surface area (TPSA) is 68.7 Å². The predicted octanol–water partition coefficient (Wildman–Crippen LogP) is 4.20. The van der Waals surface area contributed by atoms with Gasteiger partial charge in [0.1, 0.15) is 9.88 Å². The van der Waals surface area contributed by atoms with Crippen LogP contribution in [0.1, 0.15) is 40.5 Å². The minimum absolute atomic E-state index is 0.225. The smallest absolute Gasteiger partial charge is 0.347 e. The summed E-state index contributed by atoms with van der Waals surface area (Å²) in [4.78, 5) is 15.1. The molecule has 23 heavy (non-hydrogen) atoms. The summed E-state index contributed by atoms with van der Waals surface area (Å²) in [7, 11) is 0. The standard InChI is InChI=1S/C17H19NO4S/c1-3-9-22-13-7-5-12(10-14(13)21-4-2)6-8-16-18-11-15(23-16)17(19)20/h5-8,10-11H,3-4,9H2,1-2H3,(H,19,20)/b8-6+. The lowest BCUT2D eigenvalue weighted by atomic mass is 10.2. The Labute approximate surface area is 139 Å². The maximum absolute atomic E-state index is 10.8. The number of carboxylic acids is 1. The van der Waals surface area contributed by atoms with Crippen LogP contribution in [0.4, 0.5) is 0 Å². The van der Waals surface area contributed by atoms with Crippen LogP contribution in [0.25, 0.3) is 12.2 Å². The molecule has 2 aromatic rings. The molecule has 0 aliphatic rings. The number of rotatable bonds is 8. The molecule has 0 amide bonds. The summed E-state index contributed by atoms with van der Waals surface area (Å²) >= 11 is 1.14. The van der Waals surface area contributed by atoms with E-state index < -0.39 is 5.97 Å². The maximum Gasteiger partial charge on any atom is 0.347 e. The summed E-state index contributed by atoms with van der Waals surface area (Å²) < 4.78 is 11.3. The molecule has 1 aromatic heterocycles. The Bertz CT molecular complexity index is 694. The summed E-state index contributed by atoms with van der Waals surface area (Å²) in [5.41, 5.74) is 0.935.